The molecule has 1 unspecified atom stereocenters. The molecule has 0 radical (unpaired) electrons. The average Bonchev–Trinajstić information content (AvgIpc) is 2.42. The lowest BCUT2D eigenvalue weighted by Crippen LogP contribution is -2.07. The summed E-state index contributed by atoms with van der Waals surface area (Å²) in [5.41, 5.74) is 0.861. The number of benzene rings is 1. The summed E-state index contributed by atoms with van der Waals surface area (Å²) in [5.74, 6) is 7.08. The Bertz CT molecular complexity index is 392. The van der Waals surface area contributed by atoms with Gasteiger partial charge in [-0.15, -0.1) is 0 Å². The molecule has 0 aliphatic rings. The SMILES string of the molecule is CC(CO)SCCOc1ccc(C#CCO)cc1. The summed E-state index contributed by atoms with van der Waals surface area (Å²) in [4.78, 5) is 0. The van der Waals surface area contributed by atoms with Crippen LogP contribution in [0.25, 0.3) is 0 Å². The second-order valence-electron chi connectivity index (χ2n) is 3.70. The van der Waals surface area contributed by atoms with E-state index in [4.69, 9.17) is 14.9 Å². The lowest BCUT2D eigenvalue weighted by Gasteiger charge is -2.09. The van der Waals surface area contributed by atoms with Crippen LogP contribution in [0.1, 0.15) is 12.5 Å². The van der Waals surface area contributed by atoms with Gasteiger partial charge in [-0.2, -0.15) is 11.8 Å². The molecule has 0 bridgehead atoms. The first kappa shape index (κ1) is 14.9. The lowest BCUT2D eigenvalue weighted by atomic mass is 10.2. The molecule has 0 aliphatic carbocycles. The molecular formula is C14H18O3S. The van der Waals surface area contributed by atoms with Crippen LogP contribution in [0.2, 0.25) is 0 Å². The third-order valence-electron chi connectivity index (χ3n) is 2.18. The van der Waals surface area contributed by atoms with E-state index in [0.717, 1.165) is 17.1 Å². The van der Waals surface area contributed by atoms with Crippen molar-refractivity contribution in [3.8, 4) is 17.6 Å². The third kappa shape index (κ3) is 5.97. The molecule has 1 atom stereocenters. The zero-order valence-electron chi connectivity index (χ0n) is 10.4. The predicted octanol–water partition coefficient (Wildman–Crippen LogP) is 1.52. The zero-order chi connectivity index (χ0) is 13.2. The van der Waals surface area contributed by atoms with E-state index in [1.54, 1.807) is 11.8 Å². The van der Waals surface area contributed by atoms with E-state index in [2.05, 4.69) is 11.8 Å². The van der Waals surface area contributed by atoms with Gasteiger partial charge in [0.05, 0.1) is 13.2 Å². The highest BCUT2D eigenvalue weighted by molar-refractivity contribution is 7.99. The van der Waals surface area contributed by atoms with Crippen LogP contribution >= 0.6 is 11.8 Å². The van der Waals surface area contributed by atoms with Crippen LogP contribution in [0.5, 0.6) is 5.75 Å². The molecule has 1 rings (SSSR count). The minimum atomic E-state index is -0.126. The molecule has 2 N–H and O–H groups in total. The molecule has 0 spiro atoms. The first-order valence-electron chi connectivity index (χ1n) is 5.81. The van der Waals surface area contributed by atoms with E-state index in [9.17, 15) is 0 Å². The Kier molecular flexibility index (Phi) is 7.35. The molecule has 98 valence electrons. The Labute approximate surface area is 112 Å². The Hall–Kier alpha value is -1.15. The van der Waals surface area contributed by atoms with Crippen molar-refractivity contribution in [2.75, 3.05) is 25.6 Å². The average molecular weight is 266 g/mol. The third-order valence-corrected chi connectivity index (χ3v) is 3.30. The topological polar surface area (TPSA) is 49.7 Å². The highest BCUT2D eigenvalue weighted by Gasteiger charge is 2.00. The van der Waals surface area contributed by atoms with Crippen LogP contribution in [0.15, 0.2) is 24.3 Å². The maximum absolute atomic E-state index is 8.86. The van der Waals surface area contributed by atoms with Gasteiger partial charge in [0, 0.05) is 16.6 Å². The number of rotatable bonds is 6. The number of hydrogen-bond donors (Lipinski definition) is 2. The van der Waals surface area contributed by atoms with Crippen LogP contribution in [0.4, 0.5) is 0 Å². The van der Waals surface area contributed by atoms with Crippen molar-refractivity contribution in [2.45, 2.75) is 12.2 Å². The maximum Gasteiger partial charge on any atom is 0.119 e. The van der Waals surface area contributed by atoms with Gasteiger partial charge >= 0.3 is 0 Å². The first-order valence-corrected chi connectivity index (χ1v) is 6.86. The van der Waals surface area contributed by atoms with Gasteiger partial charge in [0.25, 0.3) is 0 Å². The minimum absolute atomic E-state index is 0.126. The molecule has 0 amide bonds. The predicted molar refractivity (Wildman–Crippen MR) is 74.9 cm³/mol. The lowest BCUT2D eigenvalue weighted by molar-refractivity contribution is 0.299. The Morgan fingerprint density at radius 3 is 2.61 bits per heavy atom. The fourth-order valence-corrected chi connectivity index (χ4v) is 1.92. The summed E-state index contributed by atoms with van der Waals surface area (Å²) in [6.45, 7) is 2.68. The van der Waals surface area contributed by atoms with E-state index < -0.39 is 0 Å². The quantitative estimate of drug-likeness (QED) is 0.605. The molecule has 0 saturated heterocycles. The molecule has 0 aromatic heterocycles. The molecule has 4 heteroatoms. The second kappa shape index (κ2) is 8.87. The normalized spacial score (nSPS) is 11.5. The van der Waals surface area contributed by atoms with Gasteiger partial charge in [-0.05, 0) is 24.3 Å². The number of aliphatic hydroxyl groups is 2. The summed E-state index contributed by atoms with van der Waals surface area (Å²) in [6, 6.07) is 7.45. The molecule has 3 nitrogen and oxygen atoms in total. The van der Waals surface area contributed by atoms with Crippen molar-refractivity contribution < 1.29 is 14.9 Å². The van der Waals surface area contributed by atoms with E-state index >= 15 is 0 Å². The molecule has 1 aromatic rings. The van der Waals surface area contributed by atoms with Crippen LogP contribution < -0.4 is 4.74 Å². The van der Waals surface area contributed by atoms with Crippen molar-refractivity contribution in [2.24, 2.45) is 0 Å². The smallest absolute Gasteiger partial charge is 0.119 e. The van der Waals surface area contributed by atoms with E-state index in [1.807, 2.05) is 31.2 Å². The van der Waals surface area contributed by atoms with Crippen LogP contribution in [0, 0.1) is 11.8 Å². The van der Waals surface area contributed by atoms with Crippen molar-refractivity contribution in [3.63, 3.8) is 0 Å². The summed E-state index contributed by atoms with van der Waals surface area (Å²) < 4.78 is 5.56. The number of ether oxygens (including phenoxy) is 1. The standard InChI is InChI=1S/C14H18O3S/c1-12(11-16)18-10-9-17-14-6-4-13(5-7-14)3-2-8-15/h4-7,12,15-16H,8-11H2,1H3. The van der Waals surface area contributed by atoms with E-state index in [1.165, 1.54) is 0 Å². The van der Waals surface area contributed by atoms with Crippen molar-refractivity contribution in [1.82, 2.24) is 0 Å². The molecule has 0 saturated carbocycles. The number of hydrogen-bond acceptors (Lipinski definition) is 4. The zero-order valence-corrected chi connectivity index (χ0v) is 11.2. The molecule has 0 aliphatic heterocycles. The number of thioether (sulfide) groups is 1. The molecule has 1 aromatic carbocycles. The highest BCUT2D eigenvalue weighted by Crippen LogP contribution is 2.13. The summed E-state index contributed by atoms with van der Waals surface area (Å²) >= 11 is 1.68. The number of aliphatic hydroxyl groups excluding tert-OH is 2. The van der Waals surface area contributed by atoms with Gasteiger partial charge in [0.2, 0.25) is 0 Å². The summed E-state index contributed by atoms with van der Waals surface area (Å²) in [7, 11) is 0. The van der Waals surface area contributed by atoms with Crippen molar-refractivity contribution in [1.29, 1.82) is 0 Å². The van der Waals surface area contributed by atoms with Gasteiger partial charge < -0.3 is 14.9 Å². The van der Waals surface area contributed by atoms with E-state index in [0.29, 0.717) is 6.61 Å². The fraction of sp³-hybridized carbons (Fsp3) is 0.429. The van der Waals surface area contributed by atoms with Crippen molar-refractivity contribution in [3.05, 3.63) is 29.8 Å². The highest BCUT2D eigenvalue weighted by atomic mass is 32.2. The summed E-state index contributed by atoms with van der Waals surface area (Å²) in [5, 5.41) is 17.7. The molecular weight excluding hydrogens is 248 g/mol. The van der Waals surface area contributed by atoms with Crippen molar-refractivity contribution >= 4 is 11.8 Å². The fourth-order valence-electron chi connectivity index (χ4n) is 1.24. The monoisotopic (exact) mass is 266 g/mol. The summed E-state index contributed by atoms with van der Waals surface area (Å²) in [6.07, 6.45) is 0. The van der Waals surface area contributed by atoms with Crippen LogP contribution in [-0.4, -0.2) is 41.0 Å². The maximum atomic E-state index is 8.86. The minimum Gasteiger partial charge on any atom is -0.493 e. The molecule has 18 heavy (non-hydrogen) atoms. The van der Waals surface area contributed by atoms with Crippen LogP contribution in [-0.2, 0) is 0 Å². The first-order chi connectivity index (χ1) is 8.76. The largest absolute Gasteiger partial charge is 0.493 e. The van der Waals surface area contributed by atoms with E-state index in [-0.39, 0.29) is 18.5 Å². The Morgan fingerprint density at radius 2 is 2.00 bits per heavy atom. The van der Waals surface area contributed by atoms with Gasteiger partial charge in [-0.1, -0.05) is 18.8 Å². The second-order valence-corrected chi connectivity index (χ2v) is 5.24. The van der Waals surface area contributed by atoms with Crippen LogP contribution in [0.3, 0.4) is 0 Å². The van der Waals surface area contributed by atoms with Gasteiger partial charge in [-0.3, -0.25) is 0 Å². The van der Waals surface area contributed by atoms with Gasteiger partial charge in [-0.25, -0.2) is 0 Å². The molecule has 0 heterocycles. The van der Waals surface area contributed by atoms with Gasteiger partial charge in [0.15, 0.2) is 0 Å². The van der Waals surface area contributed by atoms with Gasteiger partial charge in [0.1, 0.15) is 12.4 Å². The Morgan fingerprint density at radius 1 is 1.28 bits per heavy atom. The molecule has 0 fully saturated rings. The Balaban J connectivity index is 2.31.